The van der Waals surface area contributed by atoms with Crippen LogP contribution in [0.3, 0.4) is 0 Å². The molecule has 0 saturated carbocycles. The Bertz CT molecular complexity index is 526. The number of pyridine rings is 1. The average molecular weight is 384 g/mol. The van der Waals surface area contributed by atoms with Crippen molar-refractivity contribution in [2.24, 2.45) is 0 Å². The lowest BCUT2D eigenvalue weighted by atomic mass is 10.0. The molecular weight excluding hydrogens is 368 g/mol. The summed E-state index contributed by atoms with van der Waals surface area (Å²) in [6.07, 6.45) is 3.77. The molecule has 1 unspecified atom stereocenters. The lowest BCUT2D eigenvalue weighted by molar-refractivity contribution is 0.550. The number of nitrogens with one attached hydrogen (secondary N) is 1. The van der Waals surface area contributed by atoms with Crippen LogP contribution in [0, 0.1) is 0 Å². The predicted octanol–water partition coefficient (Wildman–Crippen LogP) is 3.98. The van der Waals surface area contributed by atoms with Gasteiger partial charge in [0.2, 0.25) is 0 Å². The smallest absolute Gasteiger partial charge is 0.0420 e. The topological polar surface area (TPSA) is 24.9 Å². The van der Waals surface area contributed by atoms with Crippen molar-refractivity contribution in [1.29, 1.82) is 0 Å². The Morgan fingerprint density at radius 2 is 1.95 bits per heavy atom. The Morgan fingerprint density at radius 3 is 2.58 bits per heavy atom. The molecule has 1 aromatic heterocycles. The minimum atomic E-state index is 0.392. The molecule has 0 fully saturated rings. The number of benzene rings is 1. The Hall–Kier alpha value is -0.710. The van der Waals surface area contributed by atoms with E-state index in [1.165, 1.54) is 5.56 Å². The molecule has 2 aromatic rings. The van der Waals surface area contributed by atoms with Crippen LogP contribution in [-0.2, 0) is 12.8 Å². The van der Waals surface area contributed by atoms with E-state index in [1.54, 1.807) is 0 Å². The molecule has 0 spiro atoms. The molecule has 2 nitrogen and oxygen atoms in total. The van der Waals surface area contributed by atoms with Crippen LogP contribution in [0.4, 0.5) is 0 Å². The van der Waals surface area contributed by atoms with E-state index in [9.17, 15) is 0 Å². The predicted molar refractivity (Wildman–Crippen MR) is 86.3 cm³/mol. The molecule has 0 radical (unpaired) electrons. The molecule has 1 N–H and O–H groups in total. The lowest BCUT2D eigenvalue weighted by Gasteiger charge is -2.16. The Labute approximate surface area is 130 Å². The van der Waals surface area contributed by atoms with E-state index < -0.39 is 0 Å². The van der Waals surface area contributed by atoms with E-state index in [0.29, 0.717) is 6.04 Å². The maximum atomic E-state index is 4.43. The van der Waals surface area contributed by atoms with E-state index in [1.807, 2.05) is 25.4 Å². The second kappa shape index (κ2) is 7.17. The number of hydrogen-bond acceptors (Lipinski definition) is 2. The minimum Gasteiger partial charge on any atom is -0.316 e. The maximum Gasteiger partial charge on any atom is 0.0420 e. The standard InChI is InChI=1S/C15H16Br2N2/c1-18-15(8-11-3-2-4-12(16)7-11)9-14-6-5-13(17)10-19-14/h2-7,10,15,18H,8-9H2,1H3. The van der Waals surface area contributed by atoms with Crippen molar-refractivity contribution in [3.63, 3.8) is 0 Å². The van der Waals surface area contributed by atoms with E-state index in [0.717, 1.165) is 27.5 Å². The largest absolute Gasteiger partial charge is 0.316 e. The molecule has 2 rings (SSSR count). The Balaban J connectivity index is 2.02. The highest BCUT2D eigenvalue weighted by atomic mass is 79.9. The van der Waals surface area contributed by atoms with Crippen LogP contribution < -0.4 is 5.32 Å². The van der Waals surface area contributed by atoms with Gasteiger partial charge in [0.15, 0.2) is 0 Å². The van der Waals surface area contributed by atoms with Crippen LogP contribution in [0.5, 0.6) is 0 Å². The maximum absolute atomic E-state index is 4.43. The van der Waals surface area contributed by atoms with E-state index in [-0.39, 0.29) is 0 Å². The van der Waals surface area contributed by atoms with Gasteiger partial charge in [-0.15, -0.1) is 0 Å². The summed E-state index contributed by atoms with van der Waals surface area (Å²) in [6.45, 7) is 0. The summed E-state index contributed by atoms with van der Waals surface area (Å²) in [5, 5.41) is 3.37. The summed E-state index contributed by atoms with van der Waals surface area (Å²) >= 11 is 6.92. The van der Waals surface area contributed by atoms with Crippen LogP contribution in [0.25, 0.3) is 0 Å². The van der Waals surface area contributed by atoms with Crippen molar-refractivity contribution < 1.29 is 0 Å². The average Bonchev–Trinajstić information content (AvgIpc) is 2.40. The number of hydrogen-bond donors (Lipinski definition) is 1. The number of nitrogens with zero attached hydrogens (tertiary/aromatic N) is 1. The number of likely N-dealkylation sites (N-methyl/N-ethyl adjacent to an activating group) is 1. The third kappa shape index (κ3) is 4.71. The molecule has 1 heterocycles. The van der Waals surface area contributed by atoms with Gasteiger partial charge in [-0.3, -0.25) is 4.98 Å². The fourth-order valence-corrected chi connectivity index (χ4v) is 2.69. The van der Waals surface area contributed by atoms with Crippen molar-refractivity contribution in [3.8, 4) is 0 Å². The van der Waals surface area contributed by atoms with Gasteiger partial charge in [0.25, 0.3) is 0 Å². The highest BCUT2D eigenvalue weighted by molar-refractivity contribution is 9.10. The molecule has 0 aliphatic carbocycles. The fraction of sp³-hybridized carbons (Fsp3) is 0.267. The highest BCUT2D eigenvalue weighted by Gasteiger charge is 2.09. The zero-order valence-corrected chi connectivity index (χ0v) is 13.9. The molecular formula is C15H16Br2N2. The van der Waals surface area contributed by atoms with Gasteiger partial charge in [-0.2, -0.15) is 0 Å². The van der Waals surface area contributed by atoms with Gasteiger partial charge in [-0.25, -0.2) is 0 Å². The highest BCUT2D eigenvalue weighted by Crippen LogP contribution is 2.15. The van der Waals surface area contributed by atoms with E-state index in [4.69, 9.17) is 0 Å². The van der Waals surface area contributed by atoms with E-state index >= 15 is 0 Å². The van der Waals surface area contributed by atoms with Crippen LogP contribution in [0.15, 0.2) is 51.5 Å². The molecule has 1 atom stereocenters. The van der Waals surface area contributed by atoms with Crippen LogP contribution in [-0.4, -0.2) is 18.1 Å². The SMILES string of the molecule is CNC(Cc1cccc(Br)c1)Cc1ccc(Br)cn1. The number of aromatic nitrogens is 1. The van der Waals surface area contributed by atoms with Crippen molar-refractivity contribution in [1.82, 2.24) is 10.3 Å². The quantitative estimate of drug-likeness (QED) is 0.844. The third-order valence-electron chi connectivity index (χ3n) is 3.02. The number of rotatable bonds is 5. The van der Waals surface area contributed by atoms with Crippen molar-refractivity contribution in [2.75, 3.05) is 7.05 Å². The Kier molecular flexibility index (Phi) is 5.55. The zero-order valence-electron chi connectivity index (χ0n) is 10.7. The molecule has 19 heavy (non-hydrogen) atoms. The molecule has 0 bridgehead atoms. The van der Waals surface area contributed by atoms with Gasteiger partial charge < -0.3 is 5.32 Å². The zero-order chi connectivity index (χ0) is 13.7. The van der Waals surface area contributed by atoms with Crippen molar-refractivity contribution in [2.45, 2.75) is 18.9 Å². The van der Waals surface area contributed by atoms with Gasteiger partial charge >= 0.3 is 0 Å². The summed E-state index contributed by atoms with van der Waals surface area (Å²) in [7, 11) is 2.00. The normalized spacial score (nSPS) is 12.4. The van der Waals surface area contributed by atoms with Gasteiger partial charge in [0.1, 0.15) is 0 Å². The molecule has 0 aliphatic rings. The Morgan fingerprint density at radius 1 is 1.11 bits per heavy atom. The molecule has 0 saturated heterocycles. The summed E-state index contributed by atoms with van der Waals surface area (Å²) in [4.78, 5) is 4.43. The minimum absolute atomic E-state index is 0.392. The summed E-state index contributed by atoms with van der Waals surface area (Å²) < 4.78 is 2.14. The summed E-state index contributed by atoms with van der Waals surface area (Å²) in [6, 6.07) is 12.9. The van der Waals surface area contributed by atoms with Gasteiger partial charge in [0, 0.05) is 33.3 Å². The summed E-state index contributed by atoms with van der Waals surface area (Å²) in [5.41, 5.74) is 2.43. The van der Waals surface area contributed by atoms with Gasteiger partial charge in [0.05, 0.1) is 0 Å². The molecule has 100 valence electrons. The van der Waals surface area contributed by atoms with Gasteiger partial charge in [-0.1, -0.05) is 28.1 Å². The molecule has 1 aromatic carbocycles. The summed E-state index contributed by atoms with van der Waals surface area (Å²) in [5.74, 6) is 0. The van der Waals surface area contributed by atoms with E-state index in [2.05, 4.69) is 66.4 Å². The molecule has 4 heteroatoms. The van der Waals surface area contributed by atoms with Crippen LogP contribution >= 0.6 is 31.9 Å². The third-order valence-corrected chi connectivity index (χ3v) is 3.99. The van der Waals surface area contributed by atoms with Crippen molar-refractivity contribution in [3.05, 3.63) is 62.8 Å². The number of halogens is 2. The fourth-order valence-electron chi connectivity index (χ4n) is 2.00. The monoisotopic (exact) mass is 382 g/mol. The van der Waals surface area contributed by atoms with Crippen LogP contribution in [0.2, 0.25) is 0 Å². The first-order valence-electron chi connectivity index (χ1n) is 6.19. The second-order valence-electron chi connectivity index (χ2n) is 4.49. The first-order chi connectivity index (χ1) is 9.17. The first-order valence-corrected chi connectivity index (χ1v) is 7.78. The van der Waals surface area contributed by atoms with Crippen molar-refractivity contribution >= 4 is 31.9 Å². The molecule has 0 aliphatic heterocycles. The molecule has 0 amide bonds. The second-order valence-corrected chi connectivity index (χ2v) is 6.32. The van der Waals surface area contributed by atoms with Gasteiger partial charge in [-0.05, 0) is 59.2 Å². The lowest BCUT2D eigenvalue weighted by Crippen LogP contribution is -2.30. The first kappa shape index (κ1) is 14.7. The van der Waals surface area contributed by atoms with Crippen LogP contribution in [0.1, 0.15) is 11.3 Å².